The van der Waals surface area contributed by atoms with Crippen LogP contribution in [0.4, 0.5) is 5.69 Å². The first-order chi connectivity index (χ1) is 14.9. The number of nitrogens with one attached hydrogen (secondary N) is 2. The van der Waals surface area contributed by atoms with Crippen molar-refractivity contribution in [2.24, 2.45) is 5.92 Å². The number of likely N-dealkylation sites (tertiary alicyclic amines) is 1. The second-order valence-corrected chi connectivity index (χ2v) is 7.95. The number of anilines is 1. The molecule has 2 aliphatic heterocycles. The first-order valence-electron chi connectivity index (χ1n) is 10.3. The Hall–Kier alpha value is -3.55. The van der Waals surface area contributed by atoms with E-state index in [1.54, 1.807) is 35.2 Å². The number of hydrogen-bond donors (Lipinski definition) is 2. The molecule has 2 aromatic rings. The molecule has 2 N–H and O–H groups in total. The number of benzene rings is 2. The van der Waals surface area contributed by atoms with E-state index in [4.69, 9.17) is 9.47 Å². The zero-order chi connectivity index (χ0) is 22.0. The number of amides is 3. The molecule has 1 atom stereocenters. The van der Waals surface area contributed by atoms with Crippen LogP contribution in [0.5, 0.6) is 11.5 Å². The Kier molecular flexibility index (Phi) is 5.79. The molecule has 0 bridgehead atoms. The smallest absolute Gasteiger partial charge is 0.253 e. The Balaban J connectivity index is 1.40. The van der Waals surface area contributed by atoms with Crippen LogP contribution < -0.4 is 20.1 Å². The van der Waals surface area contributed by atoms with Crippen LogP contribution in [0.2, 0.25) is 0 Å². The highest BCUT2D eigenvalue weighted by molar-refractivity contribution is 6.05. The van der Waals surface area contributed by atoms with Crippen LogP contribution in [0.3, 0.4) is 0 Å². The maximum Gasteiger partial charge on any atom is 0.253 e. The number of para-hydroxylation sites is 1. The summed E-state index contributed by atoms with van der Waals surface area (Å²) in [5, 5.41) is 5.70. The van der Waals surface area contributed by atoms with E-state index in [0.29, 0.717) is 35.8 Å². The highest BCUT2D eigenvalue weighted by atomic mass is 16.7. The van der Waals surface area contributed by atoms with Gasteiger partial charge in [-0.1, -0.05) is 18.2 Å². The topological polar surface area (TPSA) is 97.0 Å². The van der Waals surface area contributed by atoms with E-state index in [1.165, 1.54) is 0 Å². The molecule has 4 rings (SSSR count). The summed E-state index contributed by atoms with van der Waals surface area (Å²) in [6.45, 7) is 4.74. The van der Waals surface area contributed by atoms with Gasteiger partial charge in [-0.3, -0.25) is 14.4 Å². The van der Waals surface area contributed by atoms with Gasteiger partial charge in [0.25, 0.3) is 5.91 Å². The molecule has 0 aromatic heterocycles. The van der Waals surface area contributed by atoms with E-state index in [9.17, 15) is 14.4 Å². The van der Waals surface area contributed by atoms with Gasteiger partial charge in [0.15, 0.2) is 11.5 Å². The fourth-order valence-electron chi connectivity index (χ4n) is 3.76. The van der Waals surface area contributed by atoms with Gasteiger partial charge in [0.2, 0.25) is 18.6 Å². The zero-order valence-corrected chi connectivity index (χ0v) is 17.5. The third kappa shape index (κ3) is 4.47. The van der Waals surface area contributed by atoms with Crippen molar-refractivity contribution < 1.29 is 23.9 Å². The largest absolute Gasteiger partial charge is 0.454 e. The fourth-order valence-corrected chi connectivity index (χ4v) is 3.76. The minimum absolute atomic E-state index is 0.0232. The summed E-state index contributed by atoms with van der Waals surface area (Å²) in [6.07, 6.45) is 0.183. The molecule has 1 saturated heterocycles. The quantitative estimate of drug-likeness (QED) is 0.744. The standard InChI is InChI=1S/C23H25N3O5/c1-14(2)26-12-16(10-21(26)27)22(28)25-18-6-4-3-5-17(18)23(29)24-11-15-7-8-19-20(9-15)31-13-30-19/h3-9,14,16H,10-13H2,1-2H3,(H,24,29)(H,25,28)/t16-/m0/s1. The van der Waals surface area contributed by atoms with Crippen LogP contribution in [-0.2, 0) is 16.1 Å². The molecule has 0 saturated carbocycles. The lowest BCUT2D eigenvalue weighted by molar-refractivity contribution is -0.129. The van der Waals surface area contributed by atoms with Gasteiger partial charge >= 0.3 is 0 Å². The lowest BCUT2D eigenvalue weighted by Crippen LogP contribution is -2.33. The van der Waals surface area contributed by atoms with E-state index >= 15 is 0 Å². The number of hydrogen-bond acceptors (Lipinski definition) is 5. The molecule has 1 fully saturated rings. The molecule has 2 aliphatic rings. The molecular formula is C23H25N3O5. The van der Waals surface area contributed by atoms with Crippen molar-refractivity contribution in [1.29, 1.82) is 0 Å². The molecule has 0 aliphatic carbocycles. The Labute approximate surface area is 180 Å². The highest BCUT2D eigenvalue weighted by Gasteiger charge is 2.35. The molecule has 3 amide bonds. The average molecular weight is 423 g/mol. The minimum Gasteiger partial charge on any atom is -0.454 e. The Morgan fingerprint density at radius 3 is 2.68 bits per heavy atom. The Bertz CT molecular complexity index is 1020. The average Bonchev–Trinajstić information content (AvgIpc) is 3.38. The van der Waals surface area contributed by atoms with Crippen LogP contribution in [0.15, 0.2) is 42.5 Å². The minimum atomic E-state index is -0.431. The van der Waals surface area contributed by atoms with Crippen molar-refractivity contribution in [3.63, 3.8) is 0 Å². The SMILES string of the molecule is CC(C)N1C[C@@H](C(=O)Nc2ccccc2C(=O)NCc2ccc3c(c2)OCO3)CC1=O. The van der Waals surface area contributed by atoms with Crippen LogP contribution in [-0.4, -0.2) is 42.0 Å². The lowest BCUT2D eigenvalue weighted by Gasteiger charge is -2.20. The van der Waals surface area contributed by atoms with Crippen molar-refractivity contribution in [2.45, 2.75) is 32.9 Å². The van der Waals surface area contributed by atoms with E-state index in [2.05, 4.69) is 10.6 Å². The first-order valence-corrected chi connectivity index (χ1v) is 10.3. The molecule has 162 valence electrons. The maximum absolute atomic E-state index is 12.8. The van der Waals surface area contributed by atoms with Gasteiger partial charge in [-0.05, 0) is 43.7 Å². The van der Waals surface area contributed by atoms with E-state index < -0.39 is 5.92 Å². The van der Waals surface area contributed by atoms with Crippen molar-refractivity contribution in [3.8, 4) is 11.5 Å². The van der Waals surface area contributed by atoms with Crippen LogP contribution in [0, 0.1) is 5.92 Å². The van der Waals surface area contributed by atoms with Crippen molar-refractivity contribution in [2.75, 3.05) is 18.7 Å². The summed E-state index contributed by atoms with van der Waals surface area (Å²) in [5.74, 6) is 0.322. The summed E-state index contributed by atoms with van der Waals surface area (Å²) < 4.78 is 10.7. The summed E-state index contributed by atoms with van der Waals surface area (Å²) >= 11 is 0. The Morgan fingerprint density at radius 1 is 1.13 bits per heavy atom. The second kappa shape index (κ2) is 8.67. The fraction of sp³-hybridized carbons (Fsp3) is 0.348. The molecule has 8 heteroatoms. The summed E-state index contributed by atoms with van der Waals surface area (Å²) in [6, 6.07) is 12.4. The third-order valence-corrected chi connectivity index (χ3v) is 5.47. The van der Waals surface area contributed by atoms with Crippen LogP contribution in [0.1, 0.15) is 36.2 Å². The van der Waals surface area contributed by atoms with Gasteiger partial charge in [-0.25, -0.2) is 0 Å². The monoisotopic (exact) mass is 423 g/mol. The van der Waals surface area contributed by atoms with Gasteiger partial charge < -0.3 is 25.0 Å². The summed E-state index contributed by atoms with van der Waals surface area (Å²) in [5.41, 5.74) is 1.66. The summed E-state index contributed by atoms with van der Waals surface area (Å²) in [4.78, 5) is 39.3. The van der Waals surface area contributed by atoms with Crippen molar-refractivity contribution in [3.05, 3.63) is 53.6 Å². The number of fused-ring (bicyclic) bond motifs is 1. The van der Waals surface area contributed by atoms with Crippen molar-refractivity contribution >= 4 is 23.4 Å². The second-order valence-electron chi connectivity index (χ2n) is 7.95. The predicted molar refractivity (Wildman–Crippen MR) is 114 cm³/mol. The molecular weight excluding hydrogens is 398 g/mol. The van der Waals surface area contributed by atoms with Crippen LogP contribution in [0.25, 0.3) is 0 Å². The number of ether oxygens (including phenoxy) is 2. The molecule has 0 radical (unpaired) electrons. The van der Waals surface area contributed by atoms with E-state index in [0.717, 1.165) is 5.56 Å². The maximum atomic E-state index is 12.8. The van der Waals surface area contributed by atoms with Crippen LogP contribution >= 0.6 is 0 Å². The number of nitrogens with zero attached hydrogens (tertiary/aromatic N) is 1. The summed E-state index contributed by atoms with van der Waals surface area (Å²) in [7, 11) is 0. The number of rotatable bonds is 6. The van der Waals surface area contributed by atoms with Gasteiger partial charge in [-0.15, -0.1) is 0 Å². The van der Waals surface area contributed by atoms with E-state index in [1.807, 2.05) is 26.0 Å². The molecule has 0 unspecified atom stereocenters. The van der Waals surface area contributed by atoms with Crippen molar-refractivity contribution in [1.82, 2.24) is 10.2 Å². The number of carbonyl (C=O) groups is 3. The molecule has 2 aromatic carbocycles. The normalized spacial score (nSPS) is 17.2. The molecule has 0 spiro atoms. The predicted octanol–water partition coefficient (Wildman–Crippen LogP) is 2.54. The van der Waals surface area contributed by atoms with Gasteiger partial charge in [0.05, 0.1) is 17.2 Å². The third-order valence-electron chi connectivity index (χ3n) is 5.47. The molecule has 2 heterocycles. The highest BCUT2D eigenvalue weighted by Crippen LogP contribution is 2.32. The van der Waals surface area contributed by atoms with Gasteiger partial charge in [-0.2, -0.15) is 0 Å². The lowest BCUT2D eigenvalue weighted by atomic mass is 10.1. The van der Waals surface area contributed by atoms with Gasteiger partial charge in [0.1, 0.15) is 0 Å². The first kappa shape index (κ1) is 20.7. The van der Waals surface area contributed by atoms with Gasteiger partial charge in [0, 0.05) is 25.6 Å². The zero-order valence-electron chi connectivity index (χ0n) is 17.5. The number of carbonyl (C=O) groups excluding carboxylic acids is 3. The molecule has 8 nitrogen and oxygen atoms in total. The molecule has 31 heavy (non-hydrogen) atoms. The van der Waals surface area contributed by atoms with E-state index in [-0.39, 0.29) is 37.0 Å². The Morgan fingerprint density at radius 2 is 1.90 bits per heavy atom.